The Labute approximate surface area is 154 Å². The molecule has 8 heteroatoms. The number of hydrogen-bond donors (Lipinski definition) is 1. The average molecular weight is 384 g/mol. The second-order valence-electron chi connectivity index (χ2n) is 6.17. The summed E-state index contributed by atoms with van der Waals surface area (Å²) in [5.41, 5.74) is 0.772. The molecule has 1 saturated heterocycles. The molecule has 0 saturated carbocycles. The number of aromatic nitrogens is 1. The summed E-state index contributed by atoms with van der Waals surface area (Å²) in [5, 5.41) is 5.27. The Morgan fingerprint density at radius 2 is 2.16 bits per heavy atom. The fraction of sp³-hybridized carbons (Fsp3) is 0.412. The summed E-state index contributed by atoms with van der Waals surface area (Å²) in [5.74, 6) is -1.18. The third kappa shape index (κ3) is 4.76. The second kappa shape index (κ2) is 7.78. The van der Waals surface area contributed by atoms with E-state index >= 15 is 0 Å². The lowest BCUT2D eigenvalue weighted by Crippen LogP contribution is -2.44. The monoisotopic (exact) mass is 383 g/mol. The topological polar surface area (TPSA) is 54.5 Å². The van der Waals surface area contributed by atoms with Crippen LogP contribution in [0.25, 0.3) is 0 Å². The molecule has 3 rings (SSSR count). The quantitative estimate of drug-likeness (QED) is 0.872. The number of morpholine rings is 1. The van der Waals surface area contributed by atoms with Crippen LogP contribution in [0.15, 0.2) is 23.6 Å². The van der Waals surface area contributed by atoms with Gasteiger partial charge in [-0.05, 0) is 32.0 Å². The number of benzene rings is 1. The van der Waals surface area contributed by atoms with Crippen molar-refractivity contribution in [1.29, 1.82) is 0 Å². The summed E-state index contributed by atoms with van der Waals surface area (Å²) >= 11 is 7.14. The first-order valence-electron chi connectivity index (χ1n) is 7.99. The van der Waals surface area contributed by atoms with Crippen LogP contribution in [-0.4, -0.2) is 41.1 Å². The van der Waals surface area contributed by atoms with E-state index in [-0.39, 0.29) is 17.8 Å². The molecule has 0 radical (unpaired) electrons. The van der Waals surface area contributed by atoms with Crippen LogP contribution in [-0.2, 0) is 11.3 Å². The SMILES string of the molecule is C[C@@H]1CN(Cc2csc(NC(=O)c3cc(Cl)ccc3F)n2)C[C@H](C)O1. The predicted octanol–water partition coefficient (Wildman–Crippen LogP) is 3.80. The van der Waals surface area contributed by atoms with Gasteiger partial charge in [-0.3, -0.25) is 15.0 Å². The van der Waals surface area contributed by atoms with E-state index in [0.717, 1.165) is 18.8 Å². The van der Waals surface area contributed by atoms with Crippen molar-refractivity contribution in [1.82, 2.24) is 9.88 Å². The van der Waals surface area contributed by atoms with Gasteiger partial charge in [0.2, 0.25) is 0 Å². The van der Waals surface area contributed by atoms with Gasteiger partial charge in [0, 0.05) is 30.0 Å². The number of amides is 1. The van der Waals surface area contributed by atoms with Gasteiger partial charge >= 0.3 is 0 Å². The van der Waals surface area contributed by atoms with Crippen LogP contribution in [0.3, 0.4) is 0 Å². The van der Waals surface area contributed by atoms with Gasteiger partial charge in [0.05, 0.1) is 23.5 Å². The van der Waals surface area contributed by atoms with Crippen molar-refractivity contribution in [3.05, 3.63) is 45.7 Å². The Bertz CT molecular complexity index is 760. The number of ether oxygens (including phenoxy) is 1. The maximum Gasteiger partial charge on any atom is 0.260 e. The number of carbonyl (C=O) groups excluding carboxylic acids is 1. The van der Waals surface area contributed by atoms with Gasteiger partial charge in [-0.25, -0.2) is 9.37 Å². The maximum atomic E-state index is 13.8. The predicted molar refractivity (Wildman–Crippen MR) is 96.8 cm³/mol. The highest BCUT2D eigenvalue weighted by Gasteiger charge is 2.23. The molecule has 1 fully saturated rings. The van der Waals surface area contributed by atoms with E-state index in [0.29, 0.717) is 16.7 Å². The zero-order valence-electron chi connectivity index (χ0n) is 14.0. The number of anilines is 1. The van der Waals surface area contributed by atoms with Crippen LogP contribution in [0.2, 0.25) is 5.02 Å². The molecule has 134 valence electrons. The number of halogens is 2. The fourth-order valence-corrected chi connectivity index (χ4v) is 3.78. The van der Waals surface area contributed by atoms with E-state index in [9.17, 15) is 9.18 Å². The van der Waals surface area contributed by atoms with Crippen LogP contribution in [0.1, 0.15) is 29.9 Å². The van der Waals surface area contributed by atoms with E-state index in [4.69, 9.17) is 16.3 Å². The molecule has 1 aliphatic rings. The van der Waals surface area contributed by atoms with Crippen LogP contribution < -0.4 is 5.32 Å². The highest BCUT2D eigenvalue weighted by molar-refractivity contribution is 7.14. The van der Waals surface area contributed by atoms with Gasteiger partial charge in [0.15, 0.2) is 5.13 Å². The number of carbonyl (C=O) groups is 1. The van der Waals surface area contributed by atoms with Crippen molar-refractivity contribution in [2.75, 3.05) is 18.4 Å². The Balaban J connectivity index is 1.63. The molecule has 0 bridgehead atoms. The lowest BCUT2D eigenvalue weighted by atomic mass is 10.2. The van der Waals surface area contributed by atoms with Gasteiger partial charge in [-0.2, -0.15) is 0 Å². The first-order valence-corrected chi connectivity index (χ1v) is 9.25. The summed E-state index contributed by atoms with van der Waals surface area (Å²) < 4.78 is 19.5. The number of thiazole rings is 1. The zero-order chi connectivity index (χ0) is 18.0. The molecule has 2 atom stereocenters. The van der Waals surface area contributed by atoms with Gasteiger partial charge in [-0.1, -0.05) is 11.6 Å². The molecule has 25 heavy (non-hydrogen) atoms. The lowest BCUT2D eigenvalue weighted by molar-refractivity contribution is -0.0707. The highest BCUT2D eigenvalue weighted by Crippen LogP contribution is 2.21. The van der Waals surface area contributed by atoms with Gasteiger partial charge < -0.3 is 4.74 Å². The average Bonchev–Trinajstić information content (AvgIpc) is 2.95. The minimum atomic E-state index is -0.616. The second-order valence-corrected chi connectivity index (χ2v) is 7.47. The number of nitrogens with zero attached hydrogens (tertiary/aromatic N) is 2. The molecule has 1 N–H and O–H groups in total. The summed E-state index contributed by atoms with van der Waals surface area (Å²) in [6.45, 7) is 6.48. The Hall–Kier alpha value is -1.54. The van der Waals surface area contributed by atoms with Crippen molar-refractivity contribution in [2.45, 2.75) is 32.6 Å². The molecular formula is C17H19ClFN3O2S. The van der Waals surface area contributed by atoms with Crippen LogP contribution in [0.4, 0.5) is 9.52 Å². The summed E-state index contributed by atoms with van der Waals surface area (Å²) in [6.07, 6.45) is 0.375. The van der Waals surface area contributed by atoms with E-state index in [2.05, 4.69) is 29.0 Å². The first-order chi connectivity index (χ1) is 11.9. The van der Waals surface area contributed by atoms with Crippen LogP contribution in [0, 0.1) is 5.82 Å². The smallest absolute Gasteiger partial charge is 0.260 e. The molecule has 1 aliphatic heterocycles. The molecule has 0 spiro atoms. The minimum Gasteiger partial charge on any atom is -0.373 e. The lowest BCUT2D eigenvalue weighted by Gasteiger charge is -2.34. The standard InChI is InChI=1S/C17H19ClFN3O2S/c1-10-6-22(7-11(2)24-10)8-13-9-25-17(20-13)21-16(23)14-5-12(18)3-4-15(14)19/h3-5,9-11H,6-8H2,1-2H3,(H,20,21,23)/t10-,11+. The van der Waals surface area contributed by atoms with Crippen molar-refractivity contribution < 1.29 is 13.9 Å². The highest BCUT2D eigenvalue weighted by atomic mass is 35.5. The van der Waals surface area contributed by atoms with Gasteiger partial charge in [0.1, 0.15) is 5.82 Å². The van der Waals surface area contributed by atoms with Gasteiger partial charge in [-0.15, -0.1) is 11.3 Å². The van der Waals surface area contributed by atoms with E-state index in [1.807, 2.05) is 5.38 Å². The molecule has 1 aromatic heterocycles. The summed E-state index contributed by atoms with van der Waals surface area (Å²) in [4.78, 5) is 18.9. The van der Waals surface area contributed by atoms with Gasteiger partial charge in [0.25, 0.3) is 5.91 Å². The normalized spacial score (nSPS) is 21.3. The van der Waals surface area contributed by atoms with E-state index in [1.54, 1.807) is 0 Å². The van der Waals surface area contributed by atoms with Crippen LogP contribution >= 0.6 is 22.9 Å². The van der Waals surface area contributed by atoms with Crippen molar-refractivity contribution >= 4 is 34.0 Å². The molecular weight excluding hydrogens is 365 g/mol. The third-order valence-corrected chi connectivity index (χ3v) is 4.87. The van der Waals surface area contributed by atoms with Crippen molar-refractivity contribution in [3.8, 4) is 0 Å². The third-order valence-electron chi connectivity index (χ3n) is 3.83. The van der Waals surface area contributed by atoms with E-state index in [1.165, 1.54) is 29.5 Å². The minimum absolute atomic E-state index is 0.0971. The number of rotatable bonds is 4. The molecule has 0 unspecified atom stereocenters. The maximum absolute atomic E-state index is 13.8. The summed E-state index contributed by atoms with van der Waals surface area (Å²) in [6, 6.07) is 3.88. The Kier molecular flexibility index (Phi) is 5.68. The first kappa shape index (κ1) is 18.3. The van der Waals surface area contributed by atoms with Crippen molar-refractivity contribution in [3.63, 3.8) is 0 Å². The number of nitrogens with one attached hydrogen (secondary N) is 1. The molecule has 2 heterocycles. The largest absolute Gasteiger partial charge is 0.373 e. The van der Waals surface area contributed by atoms with Crippen LogP contribution in [0.5, 0.6) is 0 Å². The molecule has 1 aromatic carbocycles. The molecule has 5 nitrogen and oxygen atoms in total. The van der Waals surface area contributed by atoms with E-state index < -0.39 is 11.7 Å². The Morgan fingerprint density at radius 3 is 2.88 bits per heavy atom. The summed E-state index contributed by atoms with van der Waals surface area (Å²) in [7, 11) is 0. The molecule has 2 aromatic rings. The molecule has 1 amide bonds. The Morgan fingerprint density at radius 1 is 1.44 bits per heavy atom. The zero-order valence-corrected chi connectivity index (χ0v) is 15.5. The molecule has 0 aliphatic carbocycles. The van der Waals surface area contributed by atoms with Crippen molar-refractivity contribution in [2.24, 2.45) is 0 Å². The number of hydrogen-bond acceptors (Lipinski definition) is 5. The fourth-order valence-electron chi connectivity index (χ4n) is 2.92.